The molecule has 2 heterocycles. The Labute approximate surface area is 156 Å². The van der Waals surface area contributed by atoms with Crippen LogP contribution in [-0.4, -0.2) is 69.7 Å². The number of carboxylic acids is 1. The molecule has 9 heteroatoms. The zero-order valence-electron chi connectivity index (χ0n) is 14.8. The van der Waals surface area contributed by atoms with Crippen LogP contribution in [0.2, 0.25) is 0 Å². The number of carboxylic acid groups (broad SMARTS) is 2. The summed E-state index contributed by atoms with van der Waals surface area (Å²) in [5.41, 5.74) is 1.03. The smallest absolute Gasteiger partial charge is 0.480 e. The van der Waals surface area contributed by atoms with Gasteiger partial charge in [0.05, 0.1) is 0 Å². The van der Waals surface area contributed by atoms with E-state index in [1.165, 1.54) is 5.01 Å². The van der Waals surface area contributed by atoms with E-state index in [0.717, 1.165) is 5.56 Å². The van der Waals surface area contributed by atoms with Gasteiger partial charge in [-0.2, -0.15) is 0 Å². The number of nitrogens with zero attached hydrogens (tertiary/aromatic N) is 2. The molecule has 1 aromatic rings. The molecule has 2 aliphatic heterocycles. The van der Waals surface area contributed by atoms with Crippen molar-refractivity contribution in [3.8, 4) is 0 Å². The highest BCUT2D eigenvalue weighted by molar-refractivity contribution is 5.85. The highest BCUT2D eigenvalue weighted by Gasteiger charge is 2.46. The second kappa shape index (κ2) is 8.36. The lowest BCUT2D eigenvalue weighted by molar-refractivity contribution is -0.174. The predicted octanol–water partition coefficient (Wildman–Crippen LogP) is 0.904. The molecule has 3 unspecified atom stereocenters. The topological polar surface area (TPSA) is 119 Å². The molecule has 9 nitrogen and oxygen atoms in total. The molecule has 0 aliphatic carbocycles. The molecule has 2 aliphatic rings. The lowest BCUT2D eigenvalue weighted by atomic mass is 10.0. The third-order valence-electron chi connectivity index (χ3n) is 4.86. The summed E-state index contributed by atoms with van der Waals surface area (Å²) < 4.78 is 4.82. The molecule has 3 atom stereocenters. The molecule has 1 aromatic carbocycles. The number of hydrazine groups is 1. The second-order valence-electron chi connectivity index (χ2n) is 6.71. The van der Waals surface area contributed by atoms with Gasteiger partial charge in [-0.25, -0.2) is 14.8 Å². The first-order chi connectivity index (χ1) is 13.0. The fraction of sp³-hybridized carbons (Fsp3) is 0.500. The van der Waals surface area contributed by atoms with Crippen LogP contribution in [0, 0.1) is 0 Å². The predicted molar refractivity (Wildman–Crippen MR) is 93.7 cm³/mol. The third-order valence-corrected chi connectivity index (χ3v) is 4.86. The number of amides is 1. The second-order valence-corrected chi connectivity index (χ2v) is 6.71. The normalized spacial score (nSPS) is 23.7. The molecule has 27 heavy (non-hydrogen) atoms. The first-order valence-corrected chi connectivity index (χ1v) is 8.96. The molecule has 0 bridgehead atoms. The molecular weight excluding hydrogens is 354 g/mol. The summed E-state index contributed by atoms with van der Waals surface area (Å²) in [4.78, 5) is 35.2. The number of benzene rings is 1. The van der Waals surface area contributed by atoms with Crippen LogP contribution in [0.1, 0.15) is 24.8 Å². The minimum absolute atomic E-state index is 0.299. The van der Waals surface area contributed by atoms with Gasteiger partial charge in [0.15, 0.2) is 6.23 Å². The number of hydrogen-bond donors (Lipinski definition) is 3. The Balaban J connectivity index is 1.63. The van der Waals surface area contributed by atoms with Crippen LogP contribution in [-0.2, 0) is 20.7 Å². The molecule has 3 rings (SSSR count). The quantitative estimate of drug-likeness (QED) is 0.600. The summed E-state index contributed by atoms with van der Waals surface area (Å²) in [5.74, 6) is -1.37. The number of carbonyl (C=O) groups is 3. The van der Waals surface area contributed by atoms with Crippen molar-refractivity contribution in [2.45, 2.75) is 44.0 Å². The van der Waals surface area contributed by atoms with Crippen molar-refractivity contribution >= 4 is 18.0 Å². The van der Waals surface area contributed by atoms with E-state index in [-0.39, 0.29) is 5.91 Å². The Morgan fingerprint density at radius 1 is 1.26 bits per heavy atom. The van der Waals surface area contributed by atoms with E-state index in [2.05, 4.69) is 5.32 Å². The van der Waals surface area contributed by atoms with Gasteiger partial charge in [-0.15, -0.1) is 0 Å². The molecule has 146 valence electrons. The summed E-state index contributed by atoms with van der Waals surface area (Å²) >= 11 is 0. The van der Waals surface area contributed by atoms with Crippen molar-refractivity contribution in [1.29, 1.82) is 0 Å². The Morgan fingerprint density at radius 2 is 2.00 bits per heavy atom. The number of aryl methyl sites for hydroxylation is 1. The SMILES string of the molecule is O=C(O)OC1CCCN2CC(NC(CCc3ccccc3)C(=O)O)C(=O)N12. The maximum absolute atomic E-state index is 12.7. The number of fused-ring (bicyclic) bond motifs is 1. The molecule has 0 spiro atoms. The molecule has 0 aromatic heterocycles. The van der Waals surface area contributed by atoms with E-state index in [0.29, 0.717) is 38.8 Å². The van der Waals surface area contributed by atoms with Crippen LogP contribution in [0.4, 0.5) is 4.79 Å². The van der Waals surface area contributed by atoms with Crippen LogP contribution in [0.25, 0.3) is 0 Å². The summed E-state index contributed by atoms with van der Waals surface area (Å²) in [6.45, 7) is 0.901. The third kappa shape index (κ3) is 4.55. The molecule has 2 fully saturated rings. The monoisotopic (exact) mass is 377 g/mol. The van der Waals surface area contributed by atoms with Gasteiger partial charge in [0.25, 0.3) is 5.91 Å². The molecule has 1 amide bonds. The van der Waals surface area contributed by atoms with E-state index in [1.807, 2.05) is 30.3 Å². The van der Waals surface area contributed by atoms with Crippen molar-refractivity contribution < 1.29 is 29.3 Å². The number of nitrogens with one attached hydrogen (secondary N) is 1. The minimum atomic E-state index is -1.43. The number of hydrogen-bond acceptors (Lipinski definition) is 6. The van der Waals surface area contributed by atoms with Crippen LogP contribution >= 0.6 is 0 Å². The summed E-state index contributed by atoms with van der Waals surface area (Å²) in [5, 5.41) is 24.4. The average Bonchev–Trinajstić information content (AvgIpc) is 2.95. The Kier molecular flexibility index (Phi) is 5.92. The lowest BCUT2D eigenvalue weighted by Crippen LogP contribution is -2.53. The largest absolute Gasteiger partial charge is 0.507 e. The first kappa shape index (κ1) is 19.1. The van der Waals surface area contributed by atoms with Crippen LogP contribution < -0.4 is 5.32 Å². The maximum atomic E-state index is 12.7. The van der Waals surface area contributed by atoms with Gasteiger partial charge in [-0.3, -0.25) is 14.9 Å². The van der Waals surface area contributed by atoms with Crippen LogP contribution in [0.15, 0.2) is 30.3 Å². The van der Waals surface area contributed by atoms with Crippen molar-refractivity contribution in [2.24, 2.45) is 0 Å². The van der Waals surface area contributed by atoms with Crippen molar-refractivity contribution in [3.63, 3.8) is 0 Å². The van der Waals surface area contributed by atoms with Gasteiger partial charge in [-0.05, 0) is 24.8 Å². The molecule has 0 saturated carbocycles. The van der Waals surface area contributed by atoms with E-state index >= 15 is 0 Å². The van der Waals surface area contributed by atoms with E-state index in [1.54, 1.807) is 5.01 Å². The standard InChI is InChI=1S/C18H23N3O6/c22-16-14(11-20-10-4-7-15(21(16)20)27-18(25)26)19-13(17(23)24)9-8-12-5-2-1-3-6-12/h1-3,5-6,13-15,19H,4,7-11H2,(H,23,24)(H,25,26). The molecule has 0 radical (unpaired) electrons. The number of aliphatic carboxylic acids is 1. The minimum Gasteiger partial charge on any atom is -0.480 e. The number of ether oxygens (including phenoxy) is 1. The highest BCUT2D eigenvalue weighted by Crippen LogP contribution is 2.26. The number of carbonyl (C=O) groups excluding carboxylic acids is 1. The highest BCUT2D eigenvalue weighted by atomic mass is 16.7. The van der Waals surface area contributed by atoms with Crippen molar-refractivity contribution in [3.05, 3.63) is 35.9 Å². The maximum Gasteiger partial charge on any atom is 0.507 e. The molecule has 2 saturated heterocycles. The Bertz CT molecular complexity index is 698. The molecular formula is C18H23N3O6. The van der Waals surface area contributed by atoms with Gasteiger partial charge in [-0.1, -0.05) is 30.3 Å². The van der Waals surface area contributed by atoms with Gasteiger partial charge in [0.2, 0.25) is 0 Å². The zero-order chi connectivity index (χ0) is 19.4. The van der Waals surface area contributed by atoms with Gasteiger partial charge >= 0.3 is 12.1 Å². The van der Waals surface area contributed by atoms with E-state index in [9.17, 15) is 19.5 Å². The summed E-state index contributed by atoms with van der Waals surface area (Å²) in [6.07, 6.45) is -0.245. The van der Waals surface area contributed by atoms with Gasteiger partial charge in [0, 0.05) is 19.5 Å². The number of rotatable bonds is 7. The fourth-order valence-corrected chi connectivity index (χ4v) is 3.60. The van der Waals surface area contributed by atoms with Gasteiger partial charge in [0.1, 0.15) is 12.1 Å². The summed E-state index contributed by atoms with van der Waals surface area (Å²) in [6, 6.07) is 7.97. The Morgan fingerprint density at radius 3 is 2.67 bits per heavy atom. The lowest BCUT2D eigenvalue weighted by Gasteiger charge is -2.37. The van der Waals surface area contributed by atoms with Gasteiger partial charge < -0.3 is 14.9 Å². The van der Waals surface area contributed by atoms with E-state index in [4.69, 9.17) is 9.84 Å². The fourth-order valence-electron chi connectivity index (χ4n) is 3.60. The van der Waals surface area contributed by atoms with Crippen molar-refractivity contribution in [1.82, 2.24) is 15.3 Å². The van der Waals surface area contributed by atoms with Crippen LogP contribution in [0.3, 0.4) is 0 Å². The Hall–Kier alpha value is -2.65. The average molecular weight is 377 g/mol. The first-order valence-electron chi connectivity index (χ1n) is 8.96. The molecule has 3 N–H and O–H groups in total. The van der Waals surface area contributed by atoms with Crippen molar-refractivity contribution in [2.75, 3.05) is 13.1 Å². The zero-order valence-corrected chi connectivity index (χ0v) is 14.8. The summed E-state index contributed by atoms with van der Waals surface area (Å²) in [7, 11) is 0. The van der Waals surface area contributed by atoms with Crippen LogP contribution in [0.5, 0.6) is 0 Å². The van der Waals surface area contributed by atoms with E-state index < -0.39 is 30.4 Å².